The molecule has 1 aliphatic rings. The molecule has 0 amide bonds. The Labute approximate surface area is 166 Å². The van der Waals surface area contributed by atoms with E-state index in [4.69, 9.17) is 5.73 Å². The average molecular weight is 374 g/mol. The second-order valence-electron chi connectivity index (χ2n) is 7.50. The van der Waals surface area contributed by atoms with Gasteiger partial charge in [-0.1, -0.05) is 36.4 Å². The van der Waals surface area contributed by atoms with Gasteiger partial charge in [0.1, 0.15) is 0 Å². The van der Waals surface area contributed by atoms with E-state index in [1.165, 1.54) is 16.7 Å². The lowest BCUT2D eigenvalue weighted by molar-refractivity contribution is 0.248. The first kappa shape index (κ1) is 18.4. The molecule has 2 aromatic carbocycles. The minimum absolute atomic E-state index is 0.830. The summed E-state index contributed by atoms with van der Waals surface area (Å²) in [4.78, 5) is 14.0. The zero-order valence-electron chi connectivity index (χ0n) is 16.4. The van der Waals surface area contributed by atoms with Crippen molar-refractivity contribution >= 4 is 11.6 Å². The Balaban J connectivity index is 1.33. The number of rotatable bonds is 5. The molecule has 0 radical (unpaired) electrons. The molecule has 1 aliphatic heterocycles. The summed E-state index contributed by atoms with van der Waals surface area (Å²) in [7, 11) is 0. The predicted molar refractivity (Wildman–Crippen MR) is 114 cm³/mol. The zero-order valence-corrected chi connectivity index (χ0v) is 16.4. The summed E-state index contributed by atoms with van der Waals surface area (Å²) < 4.78 is 0. The fourth-order valence-corrected chi connectivity index (χ4v) is 3.64. The molecule has 0 unspecified atom stereocenters. The first-order chi connectivity index (χ1) is 13.7. The number of anilines is 2. The minimum Gasteiger partial charge on any atom is -0.399 e. The number of nitrogens with zero attached hydrogens (tertiary/aromatic N) is 4. The summed E-state index contributed by atoms with van der Waals surface area (Å²) in [5.74, 6) is 0.830. The molecule has 3 aromatic rings. The maximum absolute atomic E-state index is 5.95. The highest BCUT2D eigenvalue weighted by molar-refractivity contribution is 5.44. The maximum Gasteiger partial charge on any atom is 0.225 e. The van der Waals surface area contributed by atoms with E-state index >= 15 is 0 Å². The van der Waals surface area contributed by atoms with Crippen LogP contribution in [0.25, 0.3) is 0 Å². The van der Waals surface area contributed by atoms with E-state index in [1.807, 2.05) is 24.5 Å². The molecule has 1 saturated heterocycles. The Bertz CT molecular complexity index is 900. The van der Waals surface area contributed by atoms with Crippen molar-refractivity contribution in [1.82, 2.24) is 14.9 Å². The Morgan fingerprint density at radius 1 is 0.893 bits per heavy atom. The molecule has 0 bridgehead atoms. The largest absolute Gasteiger partial charge is 0.399 e. The van der Waals surface area contributed by atoms with Crippen molar-refractivity contribution in [2.75, 3.05) is 36.8 Å². The van der Waals surface area contributed by atoms with Crippen molar-refractivity contribution in [2.24, 2.45) is 0 Å². The Kier molecular flexibility index (Phi) is 5.53. The summed E-state index contributed by atoms with van der Waals surface area (Å²) in [6.45, 7) is 6.99. The number of nitrogen functional groups attached to an aromatic ring is 1. The van der Waals surface area contributed by atoms with Gasteiger partial charge in [-0.15, -0.1) is 0 Å². The summed E-state index contributed by atoms with van der Waals surface area (Å²) >= 11 is 0. The Morgan fingerprint density at radius 3 is 2.32 bits per heavy atom. The number of piperazine rings is 1. The topological polar surface area (TPSA) is 58.3 Å². The molecule has 4 rings (SSSR count). The molecule has 5 heteroatoms. The van der Waals surface area contributed by atoms with Crippen LogP contribution in [-0.2, 0) is 13.0 Å². The highest BCUT2D eigenvalue weighted by atomic mass is 15.3. The van der Waals surface area contributed by atoms with Crippen molar-refractivity contribution in [3.8, 4) is 0 Å². The second-order valence-corrected chi connectivity index (χ2v) is 7.50. The second kappa shape index (κ2) is 8.40. The molecular formula is C23H27N5. The normalized spacial score (nSPS) is 15.0. The maximum atomic E-state index is 5.95. The molecule has 2 heterocycles. The van der Waals surface area contributed by atoms with Gasteiger partial charge in [0.05, 0.1) is 0 Å². The third-order valence-corrected chi connectivity index (χ3v) is 5.37. The van der Waals surface area contributed by atoms with Gasteiger partial charge in [0.2, 0.25) is 5.95 Å². The van der Waals surface area contributed by atoms with Crippen LogP contribution in [-0.4, -0.2) is 41.0 Å². The van der Waals surface area contributed by atoms with Crippen LogP contribution in [0.5, 0.6) is 0 Å². The van der Waals surface area contributed by atoms with Gasteiger partial charge in [0.15, 0.2) is 0 Å². The number of aromatic nitrogens is 2. The smallest absolute Gasteiger partial charge is 0.225 e. The quantitative estimate of drug-likeness (QED) is 0.696. The first-order valence-corrected chi connectivity index (χ1v) is 9.84. The van der Waals surface area contributed by atoms with E-state index in [2.05, 4.69) is 63.1 Å². The van der Waals surface area contributed by atoms with Gasteiger partial charge in [0.25, 0.3) is 0 Å². The van der Waals surface area contributed by atoms with Crippen molar-refractivity contribution in [2.45, 2.75) is 19.9 Å². The Morgan fingerprint density at radius 2 is 1.61 bits per heavy atom. The minimum atomic E-state index is 0.830. The molecule has 1 aromatic heterocycles. The molecule has 0 atom stereocenters. The molecule has 0 aliphatic carbocycles. The van der Waals surface area contributed by atoms with Gasteiger partial charge >= 0.3 is 0 Å². The van der Waals surface area contributed by atoms with Gasteiger partial charge in [-0.2, -0.15) is 0 Å². The van der Waals surface area contributed by atoms with Crippen molar-refractivity contribution in [3.05, 3.63) is 83.2 Å². The fraction of sp³-hybridized carbons (Fsp3) is 0.304. The first-order valence-electron chi connectivity index (χ1n) is 9.84. The molecule has 0 saturated carbocycles. The van der Waals surface area contributed by atoms with Crippen LogP contribution in [0.3, 0.4) is 0 Å². The van der Waals surface area contributed by atoms with Gasteiger partial charge in [-0.3, -0.25) is 4.90 Å². The number of nitrogens with two attached hydrogens (primary N) is 1. The summed E-state index contributed by atoms with van der Waals surface area (Å²) in [6.07, 6.45) is 4.78. The van der Waals surface area contributed by atoms with E-state index in [9.17, 15) is 0 Å². The van der Waals surface area contributed by atoms with Gasteiger partial charge < -0.3 is 10.6 Å². The number of hydrogen-bond donors (Lipinski definition) is 1. The van der Waals surface area contributed by atoms with Crippen LogP contribution in [0.15, 0.2) is 60.9 Å². The monoisotopic (exact) mass is 373 g/mol. The summed E-state index contributed by atoms with van der Waals surface area (Å²) in [5, 5.41) is 0. The average Bonchev–Trinajstić information content (AvgIpc) is 2.73. The molecular weight excluding hydrogens is 346 g/mol. The van der Waals surface area contributed by atoms with E-state index in [0.29, 0.717) is 0 Å². The Hall–Kier alpha value is -2.92. The third-order valence-electron chi connectivity index (χ3n) is 5.37. The van der Waals surface area contributed by atoms with Crippen LogP contribution in [0.4, 0.5) is 11.6 Å². The third kappa shape index (κ3) is 4.49. The van der Waals surface area contributed by atoms with E-state index in [-0.39, 0.29) is 0 Å². The van der Waals surface area contributed by atoms with Crippen molar-refractivity contribution < 1.29 is 0 Å². The highest BCUT2D eigenvalue weighted by Crippen LogP contribution is 2.18. The van der Waals surface area contributed by atoms with Crippen LogP contribution in [0.2, 0.25) is 0 Å². The van der Waals surface area contributed by atoms with Crippen LogP contribution in [0, 0.1) is 6.92 Å². The molecule has 0 spiro atoms. The van der Waals surface area contributed by atoms with E-state index in [1.54, 1.807) is 0 Å². The van der Waals surface area contributed by atoms with E-state index in [0.717, 1.165) is 56.3 Å². The lowest BCUT2D eigenvalue weighted by Crippen LogP contribution is -2.46. The molecule has 5 nitrogen and oxygen atoms in total. The van der Waals surface area contributed by atoms with Gasteiger partial charge in [-0.05, 0) is 41.3 Å². The van der Waals surface area contributed by atoms with Crippen LogP contribution >= 0.6 is 0 Å². The number of hydrogen-bond acceptors (Lipinski definition) is 5. The summed E-state index contributed by atoms with van der Waals surface area (Å²) in [6, 6.07) is 16.6. The lowest BCUT2D eigenvalue weighted by Gasteiger charge is -2.35. The summed E-state index contributed by atoms with van der Waals surface area (Å²) in [5.41, 5.74) is 11.8. The lowest BCUT2D eigenvalue weighted by atomic mass is 10.1. The zero-order chi connectivity index (χ0) is 19.3. The fourth-order valence-electron chi connectivity index (χ4n) is 3.64. The molecule has 1 fully saturated rings. The van der Waals surface area contributed by atoms with Crippen molar-refractivity contribution in [3.63, 3.8) is 0 Å². The highest BCUT2D eigenvalue weighted by Gasteiger charge is 2.19. The molecule has 2 N–H and O–H groups in total. The SMILES string of the molecule is Cc1ccc(N)cc1CN1CCN(c2ncc(Cc3ccccc3)cn2)CC1. The van der Waals surface area contributed by atoms with Gasteiger partial charge in [0, 0.05) is 57.2 Å². The predicted octanol–water partition coefficient (Wildman–Crippen LogP) is 3.28. The molecule has 28 heavy (non-hydrogen) atoms. The van der Waals surface area contributed by atoms with Crippen molar-refractivity contribution in [1.29, 1.82) is 0 Å². The standard InChI is InChI=1S/C23H27N5/c1-18-7-8-22(24)14-21(18)17-27-9-11-28(12-10-27)23-25-15-20(16-26-23)13-19-5-3-2-4-6-19/h2-8,14-16H,9-13,17,24H2,1H3. The number of benzene rings is 2. The van der Waals surface area contributed by atoms with Gasteiger partial charge in [-0.25, -0.2) is 9.97 Å². The number of aryl methyl sites for hydroxylation is 1. The van der Waals surface area contributed by atoms with Crippen LogP contribution < -0.4 is 10.6 Å². The molecule has 144 valence electrons. The van der Waals surface area contributed by atoms with E-state index < -0.39 is 0 Å². The van der Waals surface area contributed by atoms with Crippen LogP contribution in [0.1, 0.15) is 22.3 Å².